The van der Waals surface area contributed by atoms with Crippen LogP contribution in [0.15, 0.2) is 9.59 Å². The number of nitrogens with one attached hydrogen (secondary N) is 1. The molecule has 0 unspecified atom stereocenters. The maximum atomic E-state index is 12.7. The van der Waals surface area contributed by atoms with Gasteiger partial charge in [-0.2, -0.15) is 4.98 Å². The Hall–Kier alpha value is -2.09. The van der Waals surface area contributed by atoms with E-state index in [0.29, 0.717) is 43.0 Å². The minimum Gasteiger partial charge on any atom is -0.393 e. The SMILES string of the molecule is CCn1c(=O)n(CCCC[C@@H](C)O)c(=O)c2c1nc(NC)n2C. The van der Waals surface area contributed by atoms with E-state index < -0.39 is 0 Å². The third-order valence-electron chi connectivity index (χ3n) is 4.04. The molecule has 8 heteroatoms. The van der Waals surface area contributed by atoms with Gasteiger partial charge in [0.15, 0.2) is 11.2 Å². The van der Waals surface area contributed by atoms with Crippen LogP contribution in [-0.2, 0) is 20.1 Å². The van der Waals surface area contributed by atoms with Crippen LogP contribution in [0.25, 0.3) is 11.2 Å². The quantitative estimate of drug-likeness (QED) is 0.724. The summed E-state index contributed by atoms with van der Waals surface area (Å²) < 4.78 is 4.47. The number of hydrogen-bond acceptors (Lipinski definition) is 5. The minimum absolute atomic E-state index is 0.316. The number of hydrogen-bond donors (Lipinski definition) is 2. The zero-order chi connectivity index (χ0) is 17.1. The summed E-state index contributed by atoms with van der Waals surface area (Å²) in [6, 6.07) is 0. The lowest BCUT2D eigenvalue weighted by Gasteiger charge is -2.10. The molecule has 0 saturated heterocycles. The molecule has 8 nitrogen and oxygen atoms in total. The van der Waals surface area contributed by atoms with E-state index in [1.807, 2.05) is 6.92 Å². The fourth-order valence-corrected chi connectivity index (χ4v) is 2.78. The smallest absolute Gasteiger partial charge is 0.332 e. The van der Waals surface area contributed by atoms with Crippen molar-refractivity contribution in [2.24, 2.45) is 7.05 Å². The Morgan fingerprint density at radius 1 is 1.26 bits per heavy atom. The largest absolute Gasteiger partial charge is 0.393 e. The number of aryl methyl sites for hydroxylation is 2. The monoisotopic (exact) mass is 323 g/mol. The average molecular weight is 323 g/mol. The third-order valence-corrected chi connectivity index (χ3v) is 4.04. The van der Waals surface area contributed by atoms with Gasteiger partial charge in [0.2, 0.25) is 5.95 Å². The number of nitrogens with zero attached hydrogens (tertiary/aromatic N) is 4. The molecule has 23 heavy (non-hydrogen) atoms. The van der Waals surface area contributed by atoms with Gasteiger partial charge in [0.1, 0.15) is 0 Å². The Kier molecular flexibility index (Phi) is 5.25. The molecule has 1 atom stereocenters. The van der Waals surface area contributed by atoms with Crippen molar-refractivity contribution in [2.75, 3.05) is 12.4 Å². The molecule has 0 saturated carbocycles. The maximum absolute atomic E-state index is 12.7. The van der Waals surface area contributed by atoms with Crippen molar-refractivity contribution in [1.29, 1.82) is 0 Å². The summed E-state index contributed by atoms with van der Waals surface area (Å²) in [6.45, 7) is 4.39. The van der Waals surface area contributed by atoms with Gasteiger partial charge in [-0.05, 0) is 33.1 Å². The summed E-state index contributed by atoms with van der Waals surface area (Å²) in [6.07, 6.45) is 1.73. The molecular weight excluding hydrogens is 298 g/mol. The predicted octanol–water partition coefficient (Wildman–Crippen LogP) is 0.509. The van der Waals surface area contributed by atoms with Gasteiger partial charge in [0, 0.05) is 27.2 Å². The van der Waals surface area contributed by atoms with Crippen LogP contribution in [0.1, 0.15) is 33.1 Å². The van der Waals surface area contributed by atoms with Gasteiger partial charge in [-0.15, -0.1) is 0 Å². The number of unbranched alkanes of at least 4 members (excludes halogenated alkanes) is 1. The Labute approximate surface area is 134 Å². The van der Waals surface area contributed by atoms with Crippen LogP contribution < -0.4 is 16.6 Å². The molecule has 2 heterocycles. The molecular formula is C15H25N5O3. The van der Waals surface area contributed by atoms with E-state index in [1.54, 1.807) is 25.6 Å². The highest BCUT2D eigenvalue weighted by Gasteiger charge is 2.18. The molecule has 2 N–H and O–H groups in total. The van der Waals surface area contributed by atoms with Gasteiger partial charge in [-0.25, -0.2) is 4.79 Å². The van der Waals surface area contributed by atoms with Crippen molar-refractivity contribution in [2.45, 2.75) is 52.3 Å². The normalized spacial score (nSPS) is 12.7. The second kappa shape index (κ2) is 6.99. The summed E-state index contributed by atoms with van der Waals surface area (Å²) in [5, 5.41) is 12.2. The first-order valence-corrected chi connectivity index (χ1v) is 7.98. The molecule has 0 spiro atoms. The lowest BCUT2D eigenvalue weighted by Crippen LogP contribution is -2.40. The van der Waals surface area contributed by atoms with Crippen molar-refractivity contribution in [3.63, 3.8) is 0 Å². The van der Waals surface area contributed by atoms with Gasteiger partial charge in [0.25, 0.3) is 5.56 Å². The lowest BCUT2D eigenvalue weighted by molar-refractivity contribution is 0.180. The predicted molar refractivity (Wildman–Crippen MR) is 90.0 cm³/mol. The van der Waals surface area contributed by atoms with E-state index >= 15 is 0 Å². The van der Waals surface area contributed by atoms with E-state index in [-0.39, 0.29) is 17.4 Å². The second-order valence-corrected chi connectivity index (χ2v) is 5.75. The van der Waals surface area contributed by atoms with E-state index in [1.165, 1.54) is 9.13 Å². The number of aliphatic hydroxyl groups is 1. The zero-order valence-corrected chi connectivity index (χ0v) is 14.2. The fraction of sp³-hybridized carbons (Fsp3) is 0.667. The van der Waals surface area contributed by atoms with Crippen LogP contribution in [0.3, 0.4) is 0 Å². The Morgan fingerprint density at radius 3 is 2.52 bits per heavy atom. The number of imidazole rings is 1. The van der Waals surface area contributed by atoms with Crippen molar-refractivity contribution < 1.29 is 5.11 Å². The number of rotatable bonds is 7. The van der Waals surface area contributed by atoms with Crippen LogP contribution in [0.4, 0.5) is 5.95 Å². The maximum Gasteiger partial charge on any atom is 0.332 e. The molecule has 0 aromatic carbocycles. The number of anilines is 1. The van der Waals surface area contributed by atoms with Crippen LogP contribution in [0, 0.1) is 0 Å². The van der Waals surface area contributed by atoms with E-state index in [4.69, 9.17) is 0 Å². The van der Waals surface area contributed by atoms with Crippen molar-refractivity contribution in [3.8, 4) is 0 Å². The van der Waals surface area contributed by atoms with Crippen molar-refractivity contribution in [3.05, 3.63) is 20.8 Å². The molecule has 0 amide bonds. The minimum atomic E-state index is -0.364. The fourth-order valence-electron chi connectivity index (χ4n) is 2.78. The van der Waals surface area contributed by atoms with Crippen molar-refractivity contribution in [1.82, 2.24) is 18.7 Å². The molecule has 0 fully saturated rings. The zero-order valence-electron chi connectivity index (χ0n) is 14.2. The summed E-state index contributed by atoms with van der Waals surface area (Å²) in [7, 11) is 3.48. The summed E-state index contributed by atoms with van der Waals surface area (Å²) >= 11 is 0. The van der Waals surface area contributed by atoms with Crippen LogP contribution in [-0.4, -0.2) is 36.9 Å². The number of fused-ring (bicyclic) bond motifs is 1. The standard InChI is InChI=1S/C15H25N5O3/c1-5-19-12-11(18(4)14(16-3)17-12)13(22)20(15(19)23)9-7-6-8-10(2)21/h10,21H,5-9H2,1-4H3,(H,16,17)/t10-/m1/s1. The van der Waals surface area contributed by atoms with Crippen LogP contribution in [0.5, 0.6) is 0 Å². The van der Waals surface area contributed by atoms with Crippen LogP contribution >= 0.6 is 0 Å². The van der Waals surface area contributed by atoms with E-state index in [9.17, 15) is 14.7 Å². The van der Waals surface area contributed by atoms with Crippen LogP contribution in [0.2, 0.25) is 0 Å². The first-order valence-electron chi connectivity index (χ1n) is 7.98. The molecule has 2 aromatic heterocycles. The van der Waals surface area contributed by atoms with E-state index in [0.717, 1.165) is 6.42 Å². The molecule has 0 radical (unpaired) electrons. The van der Waals surface area contributed by atoms with Gasteiger partial charge >= 0.3 is 5.69 Å². The third kappa shape index (κ3) is 3.17. The molecule has 2 aromatic rings. The van der Waals surface area contributed by atoms with E-state index in [2.05, 4.69) is 10.3 Å². The topological polar surface area (TPSA) is 94.1 Å². The highest BCUT2D eigenvalue weighted by atomic mass is 16.3. The Balaban J connectivity index is 2.51. The Morgan fingerprint density at radius 2 is 1.96 bits per heavy atom. The molecule has 128 valence electrons. The average Bonchev–Trinajstić information content (AvgIpc) is 2.83. The Bertz CT molecular complexity index is 800. The number of aliphatic hydroxyl groups excluding tert-OH is 1. The van der Waals surface area contributed by atoms with Gasteiger partial charge < -0.3 is 15.0 Å². The van der Waals surface area contributed by atoms with Gasteiger partial charge in [-0.3, -0.25) is 13.9 Å². The first kappa shape index (κ1) is 17.3. The molecule has 0 bridgehead atoms. The summed E-state index contributed by atoms with van der Waals surface area (Å²) in [4.78, 5) is 29.6. The summed E-state index contributed by atoms with van der Waals surface area (Å²) in [5.74, 6) is 0.547. The number of aromatic nitrogens is 4. The first-order chi connectivity index (χ1) is 10.9. The van der Waals surface area contributed by atoms with Crippen molar-refractivity contribution >= 4 is 17.1 Å². The highest BCUT2D eigenvalue weighted by Crippen LogP contribution is 2.13. The molecule has 0 aliphatic carbocycles. The molecule has 0 aliphatic heterocycles. The van der Waals surface area contributed by atoms with Gasteiger partial charge in [0.05, 0.1) is 6.10 Å². The lowest BCUT2D eigenvalue weighted by atomic mass is 10.2. The molecule has 2 rings (SSSR count). The van der Waals surface area contributed by atoms with Gasteiger partial charge in [-0.1, -0.05) is 0 Å². The molecule has 0 aliphatic rings. The highest BCUT2D eigenvalue weighted by molar-refractivity contribution is 5.74. The second-order valence-electron chi connectivity index (χ2n) is 5.75. The summed E-state index contributed by atoms with van der Waals surface area (Å²) in [5.41, 5.74) is 0.187.